The van der Waals surface area contributed by atoms with Crippen LogP contribution < -0.4 is 10.5 Å². The van der Waals surface area contributed by atoms with Gasteiger partial charge in [0.15, 0.2) is 0 Å². The largest absolute Gasteiger partial charge is 0.497 e. The molecule has 6 heteroatoms. The molecule has 0 amide bonds. The van der Waals surface area contributed by atoms with Crippen molar-refractivity contribution < 1.29 is 4.74 Å². The van der Waals surface area contributed by atoms with Crippen LogP contribution in [0.25, 0.3) is 21.8 Å². The van der Waals surface area contributed by atoms with E-state index in [0.29, 0.717) is 5.70 Å². The zero-order chi connectivity index (χ0) is 18.6. The number of hydrogen-bond donors (Lipinski definition) is 1. The van der Waals surface area contributed by atoms with Crippen molar-refractivity contribution in [1.82, 2.24) is 15.0 Å². The number of nitrogens with zero attached hydrogens (tertiary/aromatic N) is 3. The smallest absolute Gasteiger partial charge is 0.128 e. The van der Waals surface area contributed by atoms with E-state index < -0.39 is 0 Å². The first-order valence-electron chi connectivity index (χ1n) is 8.44. The van der Waals surface area contributed by atoms with Crippen LogP contribution >= 0.6 is 11.8 Å². The molecule has 0 unspecified atom stereocenters. The predicted octanol–water partition coefficient (Wildman–Crippen LogP) is 4.47. The number of hydrogen-bond acceptors (Lipinski definition) is 5. The first-order chi connectivity index (χ1) is 13.3. The molecule has 0 bridgehead atoms. The van der Waals surface area contributed by atoms with Gasteiger partial charge in [-0.2, -0.15) is 0 Å². The average Bonchev–Trinajstić information content (AvgIpc) is 3.16. The lowest BCUT2D eigenvalue weighted by molar-refractivity contribution is 0.415. The van der Waals surface area contributed by atoms with Crippen LogP contribution in [0.15, 0.2) is 83.8 Å². The number of thioether (sulfide) groups is 1. The highest BCUT2D eigenvalue weighted by Crippen LogP contribution is 2.35. The second-order valence-corrected chi connectivity index (χ2v) is 6.91. The minimum atomic E-state index is 0.627. The van der Waals surface area contributed by atoms with Gasteiger partial charge in [-0.3, -0.25) is 0 Å². The quantitative estimate of drug-likeness (QED) is 0.522. The van der Waals surface area contributed by atoms with E-state index >= 15 is 0 Å². The summed E-state index contributed by atoms with van der Waals surface area (Å²) in [4.78, 5) is 1.07. The maximum absolute atomic E-state index is 6.59. The van der Waals surface area contributed by atoms with Crippen molar-refractivity contribution in [3.05, 3.63) is 84.4 Å². The maximum Gasteiger partial charge on any atom is 0.128 e. The summed E-state index contributed by atoms with van der Waals surface area (Å²) in [7, 11) is 1.65. The van der Waals surface area contributed by atoms with Crippen LogP contribution in [-0.4, -0.2) is 22.1 Å². The molecule has 4 aromatic rings. The molecule has 1 aromatic heterocycles. The van der Waals surface area contributed by atoms with Gasteiger partial charge in [0, 0.05) is 10.5 Å². The van der Waals surface area contributed by atoms with Crippen LogP contribution in [0.1, 0.15) is 5.56 Å². The summed E-state index contributed by atoms with van der Waals surface area (Å²) in [5.74, 6) is 0.787. The van der Waals surface area contributed by atoms with Crippen molar-refractivity contribution in [2.75, 3.05) is 7.11 Å². The predicted molar refractivity (Wildman–Crippen MR) is 110 cm³/mol. The molecule has 0 aliphatic heterocycles. The molecule has 0 radical (unpaired) electrons. The van der Waals surface area contributed by atoms with E-state index in [-0.39, 0.29) is 0 Å². The zero-order valence-electron chi connectivity index (χ0n) is 14.7. The fourth-order valence-corrected chi connectivity index (χ4v) is 3.69. The average molecular weight is 374 g/mol. The summed E-state index contributed by atoms with van der Waals surface area (Å²) in [5.41, 5.74) is 9.85. The van der Waals surface area contributed by atoms with Gasteiger partial charge in [0.05, 0.1) is 18.3 Å². The maximum atomic E-state index is 6.59. The van der Waals surface area contributed by atoms with Crippen molar-refractivity contribution in [2.45, 2.75) is 4.90 Å². The number of nitrogens with two attached hydrogens (primary N) is 1. The van der Waals surface area contributed by atoms with Crippen molar-refractivity contribution in [2.24, 2.45) is 5.73 Å². The molecule has 0 fully saturated rings. The molecule has 3 aromatic carbocycles. The third-order valence-corrected chi connectivity index (χ3v) is 5.23. The van der Waals surface area contributed by atoms with Gasteiger partial charge in [-0.25, -0.2) is 4.68 Å². The summed E-state index contributed by atoms with van der Waals surface area (Å²) in [5, 5.41) is 9.44. The van der Waals surface area contributed by atoms with Gasteiger partial charge in [-0.1, -0.05) is 47.3 Å². The summed E-state index contributed by atoms with van der Waals surface area (Å²) < 4.78 is 7.04. The van der Waals surface area contributed by atoms with Gasteiger partial charge < -0.3 is 10.5 Å². The standard InChI is InChI=1S/C21H18N4OS/c1-26-16-13-11-15(12-14-16)20(22)21(27-17-7-3-2-4-8-17)25-19-10-6-5-9-18(19)23-24-25/h2-14H,22H2,1H3. The molecule has 4 rings (SSSR count). The second-order valence-electron chi connectivity index (χ2n) is 5.85. The van der Waals surface area contributed by atoms with Gasteiger partial charge in [-0.05, 0) is 48.5 Å². The van der Waals surface area contributed by atoms with E-state index in [4.69, 9.17) is 10.5 Å². The van der Waals surface area contributed by atoms with Crippen LogP contribution in [0.2, 0.25) is 0 Å². The first-order valence-corrected chi connectivity index (χ1v) is 9.26. The molecule has 0 spiro atoms. The van der Waals surface area contributed by atoms with Crippen LogP contribution in [0.4, 0.5) is 0 Å². The summed E-state index contributed by atoms with van der Waals surface area (Å²) >= 11 is 1.56. The minimum Gasteiger partial charge on any atom is -0.497 e. The Labute approximate surface area is 161 Å². The van der Waals surface area contributed by atoms with E-state index in [2.05, 4.69) is 10.3 Å². The molecule has 2 N–H and O–H groups in total. The van der Waals surface area contributed by atoms with Gasteiger partial charge in [0.25, 0.3) is 0 Å². The van der Waals surface area contributed by atoms with E-state index in [9.17, 15) is 0 Å². The molecule has 0 saturated carbocycles. The normalized spacial score (nSPS) is 12.0. The monoisotopic (exact) mass is 374 g/mol. The van der Waals surface area contributed by atoms with Gasteiger partial charge >= 0.3 is 0 Å². The molecule has 27 heavy (non-hydrogen) atoms. The Morgan fingerprint density at radius 3 is 2.37 bits per heavy atom. The fraction of sp³-hybridized carbons (Fsp3) is 0.0476. The number of aromatic nitrogens is 3. The van der Waals surface area contributed by atoms with Crippen LogP contribution in [0, 0.1) is 0 Å². The van der Waals surface area contributed by atoms with Crippen LogP contribution in [0.3, 0.4) is 0 Å². The van der Waals surface area contributed by atoms with Gasteiger partial charge in [0.2, 0.25) is 0 Å². The lowest BCUT2D eigenvalue weighted by Gasteiger charge is -2.13. The molecule has 0 aliphatic rings. The molecule has 0 saturated heterocycles. The zero-order valence-corrected chi connectivity index (χ0v) is 15.6. The Bertz CT molecular complexity index is 1090. The molecule has 0 aliphatic carbocycles. The number of methoxy groups -OCH3 is 1. The van der Waals surface area contributed by atoms with Crippen molar-refractivity contribution in [3.63, 3.8) is 0 Å². The van der Waals surface area contributed by atoms with Crippen molar-refractivity contribution >= 4 is 33.5 Å². The summed E-state index contributed by atoms with van der Waals surface area (Å²) in [6.45, 7) is 0. The molecule has 1 heterocycles. The van der Waals surface area contributed by atoms with Crippen LogP contribution in [0.5, 0.6) is 5.75 Å². The van der Waals surface area contributed by atoms with Crippen molar-refractivity contribution in [1.29, 1.82) is 0 Å². The van der Waals surface area contributed by atoms with E-state index in [1.807, 2.05) is 78.9 Å². The Balaban J connectivity index is 1.86. The minimum absolute atomic E-state index is 0.627. The van der Waals surface area contributed by atoms with E-state index in [0.717, 1.165) is 32.3 Å². The number of para-hydroxylation sites is 1. The lowest BCUT2D eigenvalue weighted by Crippen LogP contribution is -2.06. The Morgan fingerprint density at radius 2 is 1.63 bits per heavy atom. The van der Waals surface area contributed by atoms with Gasteiger partial charge in [-0.15, -0.1) is 5.10 Å². The number of fused-ring (bicyclic) bond motifs is 1. The highest BCUT2D eigenvalue weighted by atomic mass is 32.2. The summed E-state index contributed by atoms with van der Waals surface area (Å²) in [6, 6.07) is 25.6. The third kappa shape index (κ3) is 3.52. The molecular weight excluding hydrogens is 356 g/mol. The highest BCUT2D eigenvalue weighted by molar-refractivity contribution is 8.08. The second kappa shape index (κ2) is 7.55. The first kappa shape index (κ1) is 17.2. The Kier molecular flexibility index (Phi) is 4.80. The SMILES string of the molecule is COc1ccc(C(N)=C(Sc2ccccc2)n2nnc3ccccc32)cc1. The Morgan fingerprint density at radius 1 is 0.926 bits per heavy atom. The molecule has 5 nitrogen and oxygen atoms in total. The number of ether oxygens (including phenoxy) is 1. The molecular formula is C21H18N4OS. The van der Waals surface area contributed by atoms with Crippen LogP contribution in [-0.2, 0) is 0 Å². The number of benzene rings is 3. The summed E-state index contributed by atoms with van der Waals surface area (Å²) in [6.07, 6.45) is 0. The third-order valence-electron chi connectivity index (χ3n) is 4.13. The highest BCUT2D eigenvalue weighted by Gasteiger charge is 2.15. The number of rotatable bonds is 5. The topological polar surface area (TPSA) is 66.0 Å². The van der Waals surface area contributed by atoms with Gasteiger partial charge in [0.1, 0.15) is 16.3 Å². The fourth-order valence-electron chi connectivity index (χ4n) is 2.73. The molecule has 134 valence electrons. The Hall–Kier alpha value is -3.25. The van der Waals surface area contributed by atoms with E-state index in [1.165, 1.54) is 0 Å². The molecule has 0 atom stereocenters. The van der Waals surface area contributed by atoms with E-state index in [1.54, 1.807) is 23.6 Å². The lowest BCUT2D eigenvalue weighted by atomic mass is 10.1. The van der Waals surface area contributed by atoms with Crippen molar-refractivity contribution in [3.8, 4) is 5.75 Å².